The molecular formula is C26H28ClN7O2. The van der Waals surface area contributed by atoms with Gasteiger partial charge in [-0.3, -0.25) is 9.20 Å². The Kier molecular flexibility index (Phi) is 6.40. The van der Waals surface area contributed by atoms with Gasteiger partial charge in [0.1, 0.15) is 17.1 Å². The van der Waals surface area contributed by atoms with Gasteiger partial charge in [0.2, 0.25) is 11.9 Å². The van der Waals surface area contributed by atoms with E-state index in [2.05, 4.69) is 39.0 Å². The number of halogens is 1. The van der Waals surface area contributed by atoms with Crippen molar-refractivity contribution >= 4 is 40.5 Å². The third kappa shape index (κ3) is 4.42. The number of pyridine rings is 1. The molecule has 1 N–H and O–H groups in total. The van der Waals surface area contributed by atoms with Gasteiger partial charge in [-0.05, 0) is 38.1 Å². The minimum absolute atomic E-state index is 0.109. The zero-order chi connectivity index (χ0) is 25.4. The molecule has 1 fully saturated rings. The lowest BCUT2D eigenvalue weighted by molar-refractivity contribution is -0.131. The quantitative estimate of drug-likeness (QED) is 0.422. The van der Waals surface area contributed by atoms with Gasteiger partial charge < -0.3 is 19.9 Å². The van der Waals surface area contributed by atoms with Crippen molar-refractivity contribution < 1.29 is 9.53 Å². The second-order valence-electron chi connectivity index (χ2n) is 8.99. The lowest BCUT2D eigenvalue weighted by Gasteiger charge is -2.45. The summed E-state index contributed by atoms with van der Waals surface area (Å²) in [5, 5.41) is 3.70. The van der Waals surface area contributed by atoms with Gasteiger partial charge in [0.25, 0.3) is 0 Å². The molecule has 36 heavy (non-hydrogen) atoms. The molecule has 0 bridgehead atoms. The number of nitrogens with one attached hydrogen (secondary N) is 1. The van der Waals surface area contributed by atoms with E-state index in [1.807, 2.05) is 51.9 Å². The number of hydrogen-bond donors (Lipinski definition) is 1. The Bertz CT molecular complexity index is 1420. The summed E-state index contributed by atoms with van der Waals surface area (Å²) in [6.07, 6.45) is 5.24. The Labute approximate surface area is 214 Å². The van der Waals surface area contributed by atoms with Crippen LogP contribution in [0, 0.1) is 0 Å². The average molecular weight is 506 g/mol. The number of aromatic nitrogens is 4. The van der Waals surface area contributed by atoms with E-state index in [9.17, 15) is 4.79 Å². The highest BCUT2D eigenvalue weighted by Crippen LogP contribution is 2.34. The highest BCUT2D eigenvalue weighted by Gasteiger charge is 2.31. The number of imidazole rings is 1. The maximum atomic E-state index is 12.0. The van der Waals surface area contributed by atoms with Crippen LogP contribution in [0.15, 0.2) is 55.0 Å². The highest BCUT2D eigenvalue weighted by atomic mass is 35.5. The van der Waals surface area contributed by atoms with Gasteiger partial charge in [-0.1, -0.05) is 17.7 Å². The molecule has 1 amide bonds. The first-order valence-corrected chi connectivity index (χ1v) is 12.2. The van der Waals surface area contributed by atoms with Crippen LogP contribution in [0.1, 0.15) is 20.8 Å². The molecule has 5 rings (SSSR count). The molecule has 4 heterocycles. The van der Waals surface area contributed by atoms with Crippen LogP contribution in [0.4, 0.5) is 17.3 Å². The van der Waals surface area contributed by atoms with E-state index in [4.69, 9.17) is 16.3 Å². The van der Waals surface area contributed by atoms with Crippen LogP contribution in [-0.2, 0) is 4.79 Å². The number of methoxy groups -OCH3 is 1. The molecule has 1 aliphatic heterocycles. The molecule has 2 unspecified atom stereocenters. The number of piperazine rings is 1. The van der Waals surface area contributed by atoms with Gasteiger partial charge in [0.15, 0.2) is 0 Å². The van der Waals surface area contributed by atoms with Gasteiger partial charge in [0.05, 0.1) is 35.9 Å². The van der Waals surface area contributed by atoms with E-state index in [-0.39, 0.29) is 18.0 Å². The van der Waals surface area contributed by atoms with E-state index >= 15 is 0 Å². The number of anilines is 3. The predicted octanol–water partition coefficient (Wildman–Crippen LogP) is 4.64. The number of fused-ring (bicyclic) bond motifs is 1. The normalized spacial score (nSPS) is 17.9. The monoisotopic (exact) mass is 505 g/mol. The molecule has 10 heteroatoms. The van der Waals surface area contributed by atoms with E-state index in [1.165, 1.54) is 0 Å². The molecule has 4 aromatic rings. The molecule has 0 radical (unpaired) electrons. The number of hydrogen-bond acceptors (Lipinski definition) is 7. The number of benzene rings is 1. The van der Waals surface area contributed by atoms with E-state index in [1.54, 1.807) is 26.4 Å². The molecule has 0 spiro atoms. The number of ether oxygens (including phenoxy) is 1. The number of carbonyl (C=O) groups is 1. The molecule has 2 atom stereocenters. The third-order valence-corrected chi connectivity index (χ3v) is 6.83. The van der Waals surface area contributed by atoms with Gasteiger partial charge in [-0.2, -0.15) is 0 Å². The lowest BCUT2D eigenvalue weighted by atomic mass is 10.1. The third-order valence-electron chi connectivity index (χ3n) is 6.56. The highest BCUT2D eigenvalue weighted by molar-refractivity contribution is 6.32. The summed E-state index contributed by atoms with van der Waals surface area (Å²) in [6.45, 7) is 7.27. The zero-order valence-corrected chi connectivity index (χ0v) is 21.4. The van der Waals surface area contributed by atoms with Crippen LogP contribution in [0.5, 0.6) is 5.75 Å². The summed E-state index contributed by atoms with van der Waals surface area (Å²) in [5.74, 6) is 1.16. The Hall–Kier alpha value is -3.85. The van der Waals surface area contributed by atoms with Gasteiger partial charge in [-0.25, -0.2) is 15.0 Å². The first kappa shape index (κ1) is 23.9. The summed E-state index contributed by atoms with van der Waals surface area (Å²) < 4.78 is 7.64. The van der Waals surface area contributed by atoms with Crippen molar-refractivity contribution in [2.24, 2.45) is 0 Å². The fourth-order valence-electron chi connectivity index (χ4n) is 4.72. The second kappa shape index (κ2) is 9.66. The Morgan fingerprint density at radius 1 is 1.11 bits per heavy atom. The molecule has 1 aliphatic rings. The summed E-state index contributed by atoms with van der Waals surface area (Å²) in [7, 11) is 1.64. The molecule has 186 valence electrons. The Morgan fingerprint density at radius 3 is 2.72 bits per heavy atom. The van der Waals surface area contributed by atoms with Gasteiger partial charge >= 0.3 is 0 Å². The van der Waals surface area contributed by atoms with Crippen molar-refractivity contribution in [3.05, 3.63) is 60.0 Å². The first-order chi connectivity index (χ1) is 17.4. The van der Waals surface area contributed by atoms with Crippen LogP contribution in [0.2, 0.25) is 5.02 Å². The second-order valence-corrected chi connectivity index (χ2v) is 9.40. The standard InChI is InChI=1S/C26H28ClN7O2/c1-16-15-34(17(2)14-33(16)18(3)35)19-8-9-21(23(11-19)36-4)30-26-29-12-20(27)25(31-26)22-13-28-24-7-5-6-10-32(22)24/h5-13,16-17H,14-15H2,1-4H3,(H,29,30,31). The van der Waals surface area contributed by atoms with Crippen LogP contribution < -0.4 is 15.0 Å². The largest absolute Gasteiger partial charge is 0.494 e. The van der Waals surface area contributed by atoms with Crippen molar-refractivity contribution in [2.45, 2.75) is 32.9 Å². The summed E-state index contributed by atoms with van der Waals surface area (Å²) in [4.78, 5) is 29.7. The van der Waals surface area contributed by atoms with Crippen LogP contribution >= 0.6 is 11.6 Å². The zero-order valence-electron chi connectivity index (χ0n) is 20.6. The van der Waals surface area contributed by atoms with Crippen molar-refractivity contribution in [1.82, 2.24) is 24.3 Å². The molecule has 9 nitrogen and oxygen atoms in total. The van der Waals surface area contributed by atoms with Gasteiger partial charge in [-0.15, -0.1) is 0 Å². The predicted molar refractivity (Wildman–Crippen MR) is 141 cm³/mol. The molecule has 1 aromatic carbocycles. The van der Waals surface area contributed by atoms with E-state index in [0.29, 0.717) is 29.0 Å². The number of rotatable bonds is 5. The van der Waals surface area contributed by atoms with Gasteiger partial charge in [0, 0.05) is 50.0 Å². The molecule has 0 saturated carbocycles. The van der Waals surface area contributed by atoms with Crippen LogP contribution in [0.25, 0.3) is 17.0 Å². The average Bonchev–Trinajstić information content (AvgIpc) is 3.30. The summed E-state index contributed by atoms with van der Waals surface area (Å²) >= 11 is 6.46. The fourth-order valence-corrected chi connectivity index (χ4v) is 4.91. The van der Waals surface area contributed by atoms with E-state index < -0.39 is 0 Å². The Balaban J connectivity index is 1.42. The number of nitrogens with zero attached hydrogens (tertiary/aromatic N) is 6. The molecule has 1 saturated heterocycles. The van der Waals surface area contributed by atoms with Crippen molar-refractivity contribution in [3.8, 4) is 17.1 Å². The van der Waals surface area contributed by atoms with Crippen LogP contribution in [0.3, 0.4) is 0 Å². The number of amides is 1. The topological polar surface area (TPSA) is 87.9 Å². The Morgan fingerprint density at radius 2 is 1.94 bits per heavy atom. The minimum atomic E-state index is 0.109. The van der Waals surface area contributed by atoms with Crippen molar-refractivity contribution in [2.75, 3.05) is 30.4 Å². The van der Waals surface area contributed by atoms with Crippen molar-refractivity contribution in [3.63, 3.8) is 0 Å². The number of carbonyl (C=O) groups excluding carboxylic acids is 1. The maximum absolute atomic E-state index is 12.0. The lowest BCUT2D eigenvalue weighted by Crippen LogP contribution is -2.57. The molecule has 0 aliphatic carbocycles. The van der Waals surface area contributed by atoms with E-state index in [0.717, 1.165) is 29.3 Å². The SMILES string of the molecule is COc1cc(N2CC(C)N(C(C)=O)CC2C)ccc1Nc1ncc(Cl)c(-c2cnc3ccccn23)n1. The molecule has 3 aromatic heterocycles. The van der Waals surface area contributed by atoms with Crippen LogP contribution in [-0.4, -0.2) is 62.4 Å². The summed E-state index contributed by atoms with van der Waals surface area (Å²) in [6, 6.07) is 12.1. The first-order valence-electron chi connectivity index (χ1n) is 11.8. The van der Waals surface area contributed by atoms with Crippen molar-refractivity contribution in [1.29, 1.82) is 0 Å². The minimum Gasteiger partial charge on any atom is -0.494 e. The smallest absolute Gasteiger partial charge is 0.227 e. The maximum Gasteiger partial charge on any atom is 0.227 e. The fraction of sp³-hybridized carbons (Fsp3) is 0.308. The summed E-state index contributed by atoms with van der Waals surface area (Å²) in [5.41, 5.74) is 3.92. The molecular weight excluding hydrogens is 478 g/mol.